The minimum Gasteiger partial charge on any atom is -0.493 e. The first kappa shape index (κ1) is 39.8. The van der Waals surface area contributed by atoms with Crippen LogP contribution in [0.5, 0.6) is 11.5 Å². The Bertz CT molecular complexity index is 1780. The maximum atomic E-state index is 14.8. The Kier molecular flexibility index (Phi) is 12.0. The first-order valence-corrected chi connectivity index (χ1v) is 18.0. The van der Waals surface area contributed by atoms with E-state index in [0.29, 0.717) is 35.1 Å². The maximum Gasteiger partial charge on any atom is 0.425 e. The van der Waals surface area contributed by atoms with Crippen molar-refractivity contribution in [3.8, 4) is 11.5 Å². The van der Waals surface area contributed by atoms with E-state index in [0.717, 1.165) is 28.7 Å². The molecule has 10 nitrogen and oxygen atoms in total. The van der Waals surface area contributed by atoms with E-state index >= 15 is 0 Å². The van der Waals surface area contributed by atoms with Gasteiger partial charge in [-0.15, -0.1) is 11.3 Å². The van der Waals surface area contributed by atoms with E-state index < -0.39 is 63.4 Å². The lowest BCUT2D eigenvalue weighted by molar-refractivity contribution is -0.163. The number of aliphatic hydroxyl groups is 1. The van der Waals surface area contributed by atoms with Crippen LogP contribution in [0, 0.1) is 0 Å². The van der Waals surface area contributed by atoms with E-state index in [1.165, 1.54) is 4.90 Å². The fourth-order valence-corrected chi connectivity index (χ4v) is 7.78. The lowest BCUT2D eigenvalue weighted by atomic mass is 9.78. The van der Waals surface area contributed by atoms with E-state index in [-0.39, 0.29) is 76.9 Å². The minimum atomic E-state index is -4.90. The molecule has 2 aromatic heterocycles. The number of para-hydroxylation sites is 1. The number of ether oxygens (including phenoxy) is 2. The van der Waals surface area contributed by atoms with Crippen molar-refractivity contribution >= 4 is 29.1 Å². The third-order valence-corrected chi connectivity index (χ3v) is 10.6. The molecule has 2 atom stereocenters. The Morgan fingerprint density at radius 1 is 1.02 bits per heavy atom. The minimum absolute atomic E-state index is 0.00666. The van der Waals surface area contributed by atoms with Crippen LogP contribution in [0.1, 0.15) is 84.7 Å². The number of amides is 2. The van der Waals surface area contributed by atoms with Crippen molar-refractivity contribution in [2.24, 2.45) is 0 Å². The molecule has 4 heterocycles. The van der Waals surface area contributed by atoms with Gasteiger partial charge in [0.05, 0.1) is 29.4 Å². The van der Waals surface area contributed by atoms with Crippen molar-refractivity contribution in [3.63, 3.8) is 0 Å². The number of hydrogen-bond donors (Lipinski definition) is 2. The number of aromatic nitrogens is 1. The van der Waals surface area contributed by atoms with Crippen molar-refractivity contribution in [1.82, 2.24) is 14.8 Å². The highest BCUT2D eigenvalue weighted by atomic mass is 32.1. The number of hydrogen-bond acceptors (Lipinski definition) is 8. The van der Waals surface area contributed by atoms with Gasteiger partial charge in [0.25, 0.3) is 11.8 Å². The number of piperidine rings is 2. The zero-order valence-corrected chi connectivity index (χ0v) is 29.5. The van der Waals surface area contributed by atoms with Gasteiger partial charge in [0, 0.05) is 61.9 Å². The molecule has 0 radical (unpaired) electrons. The highest BCUT2D eigenvalue weighted by Crippen LogP contribution is 2.44. The van der Waals surface area contributed by atoms with Gasteiger partial charge in [0.15, 0.2) is 0 Å². The summed E-state index contributed by atoms with van der Waals surface area (Å²) in [5, 5.41) is 21.9. The molecule has 2 saturated heterocycles. The molecule has 1 aromatic carbocycles. The van der Waals surface area contributed by atoms with Gasteiger partial charge in [-0.25, -0.2) is 0 Å². The van der Waals surface area contributed by atoms with Crippen LogP contribution in [-0.4, -0.2) is 80.7 Å². The second kappa shape index (κ2) is 15.9. The van der Waals surface area contributed by atoms with Crippen molar-refractivity contribution < 1.29 is 60.4 Å². The summed E-state index contributed by atoms with van der Waals surface area (Å²) < 4.78 is 95.1. The fraction of sp³-hybridized carbons (Fsp3) is 0.500. The van der Waals surface area contributed by atoms with E-state index in [9.17, 15) is 45.8 Å². The molecule has 3 aromatic rings. The van der Waals surface area contributed by atoms with Crippen molar-refractivity contribution in [3.05, 3.63) is 75.7 Å². The van der Waals surface area contributed by atoms with E-state index in [1.807, 2.05) is 0 Å². The van der Waals surface area contributed by atoms with Crippen molar-refractivity contribution in [2.75, 3.05) is 26.2 Å². The average Bonchev–Trinajstić information content (AvgIpc) is 3.60. The summed E-state index contributed by atoms with van der Waals surface area (Å²) in [4.78, 5) is 45.1. The van der Waals surface area contributed by atoms with Crippen molar-refractivity contribution in [1.29, 1.82) is 0 Å². The molecule has 2 fully saturated rings. The summed E-state index contributed by atoms with van der Waals surface area (Å²) in [6, 6.07) is 6.95. The molecule has 0 bridgehead atoms. The summed E-state index contributed by atoms with van der Waals surface area (Å²) in [6.45, 7) is 1.69. The highest BCUT2D eigenvalue weighted by molar-refractivity contribution is 7.10. The molecule has 2 N–H and O–H groups in total. The van der Waals surface area contributed by atoms with Crippen LogP contribution in [0.2, 0.25) is 0 Å². The Labute approximate surface area is 305 Å². The van der Waals surface area contributed by atoms with Crippen LogP contribution in [0.25, 0.3) is 0 Å². The molecule has 2 aliphatic rings. The van der Waals surface area contributed by atoms with Gasteiger partial charge in [-0.1, -0.05) is 31.5 Å². The largest absolute Gasteiger partial charge is 0.493 e. The molecule has 0 aliphatic carbocycles. The Morgan fingerprint density at radius 2 is 1.74 bits per heavy atom. The second-order valence-corrected chi connectivity index (χ2v) is 14.0. The first-order chi connectivity index (χ1) is 25.0. The molecular weight excluding hydrogens is 732 g/mol. The number of aliphatic carboxylic acids is 1. The van der Waals surface area contributed by atoms with E-state index in [2.05, 4.69) is 4.98 Å². The van der Waals surface area contributed by atoms with Crippen LogP contribution in [0.15, 0.2) is 54.2 Å². The molecule has 288 valence electrons. The zero-order chi connectivity index (χ0) is 38.6. The van der Waals surface area contributed by atoms with Crippen LogP contribution in [0.3, 0.4) is 0 Å². The highest BCUT2D eigenvalue weighted by Gasteiger charge is 2.56. The second-order valence-electron chi connectivity index (χ2n) is 13.1. The number of halogens is 6. The van der Waals surface area contributed by atoms with Gasteiger partial charge in [-0.3, -0.25) is 19.4 Å². The topological polar surface area (TPSA) is 130 Å². The molecule has 53 heavy (non-hydrogen) atoms. The van der Waals surface area contributed by atoms with Gasteiger partial charge >= 0.3 is 18.3 Å². The normalized spacial score (nSPS) is 20.6. The van der Waals surface area contributed by atoms with Crippen molar-refractivity contribution in [2.45, 2.75) is 87.9 Å². The SMILES string of the molecule is CCCC1N(C(=O)c2cnccc2C(F)(F)F)CCCC1(Oc1csc(C(F)(F)F)c1)C(=O)N1CCC(O)(c2ccccc2OCCCC(=O)O)CC1. The molecule has 0 spiro atoms. The number of carbonyl (C=O) groups is 3. The number of carboxylic acid groups (broad SMARTS) is 1. The maximum absolute atomic E-state index is 14.8. The summed E-state index contributed by atoms with van der Waals surface area (Å²) in [7, 11) is 0. The zero-order valence-electron chi connectivity index (χ0n) is 28.7. The smallest absolute Gasteiger partial charge is 0.425 e. The van der Waals surface area contributed by atoms with Crippen LogP contribution < -0.4 is 9.47 Å². The summed E-state index contributed by atoms with van der Waals surface area (Å²) in [5.74, 6) is -2.62. The third kappa shape index (κ3) is 8.72. The predicted octanol–water partition coefficient (Wildman–Crippen LogP) is 7.16. The molecule has 2 aliphatic heterocycles. The molecule has 5 rings (SSSR count). The summed E-state index contributed by atoms with van der Waals surface area (Å²) in [6.07, 6.45) is -7.31. The lowest BCUT2D eigenvalue weighted by Gasteiger charge is -2.51. The number of pyridine rings is 1. The molecule has 0 saturated carbocycles. The number of benzene rings is 1. The van der Waals surface area contributed by atoms with Gasteiger partial charge in [-0.05, 0) is 44.2 Å². The Morgan fingerprint density at radius 3 is 2.38 bits per heavy atom. The van der Waals surface area contributed by atoms with Gasteiger partial charge < -0.3 is 29.5 Å². The number of likely N-dealkylation sites (tertiary alicyclic amines) is 2. The van der Waals surface area contributed by atoms with E-state index in [1.54, 1.807) is 31.2 Å². The molecule has 2 unspecified atom stereocenters. The first-order valence-electron chi connectivity index (χ1n) is 17.1. The summed E-state index contributed by atoms with van der Waals surface area (Å²) >= 11 is 0.359. The lowest BCUT2D eigenvalue weighted by Crippen LogP contribution is -2.68. The van der Waals surface area contributed by atoms with E-state index in [4.69, 9.17) is 14.6 Å². The van der Waals surface area contributed by atoms with Crippen LogP contribution in [-0.2, 0) is 27.5 Å². The Hall–Kier alpha value is -4.38. The third-order valence-electron chi connectivity index (χ3n) is 9.62. The molecule has 2 amide bonds. The predicted molar refractivity (Wildman–Crippen MR) is 179 cm³/mol. The number of nitrogens with zero attached hydrogens (tertiary/aromatic N) is 3. The average molecular weight is 772 g/mol. The molecular formula is C36H39F6N3O7S. The number of carbonyl (C=O) groups excluding carboxylic acids is 2. The standard InChI is InChI=1S/C36H39F6N3O7S/c1-2-7-28-34(52-23-20-29(53-22-23)36(40,41)42,12-6-16-45(28)31(48)24-21-43-15-11-25(24)35(37,38)39)32(49)44-17-13-33(50,14-18-44)26-8-3-4-9-27(26)51-19-5-10-30(46)47/h3-4,8-9,11,15,20-22,28,50H,2,5-7,10,12-14,16-19H2,1H3,(H,46,47). The number of rotatable bonds is 12. The Balaban J connectivity index is 1.48. The van der Waals surface area contributed by atoms with Gasteiger partial charge in [0.1, 0.15) is 16.4 Å². The quantitative estimate of drug-likeness (QED) is 0.147. The van der Waals surface area contributed by atoms with Crippen LogP contribution >= 0.6 is 11.3 Å². The number of alkyl halides is 6. The van der Waals surface area contributed by atoms with Gasteiger partial charge in [0.2, 0.25) is 5.60 Å². The fourth-order valence-electron chi connectivity index (χ4n) is 7.10. The number of carboxylic acids is 1. The van der Waals surface area contributed by atoms with Gasteiger partial charge in [-0.2, -0.15) is 26.3 Å². The summed E-state index contributed by atoms with van der Waals surface area (Å²) in [5.41, 5.74) is -4.98. The molecule has 17 heteroatoms. The van der Waals surface area contributed by atoms with Crippen LogP contribution in [0.4, 0.5) is 26.3 Å². The number of thiophene rings is 1. The monoisotopic (exact) mass is 771 g/mol.